The third-order valence-corrected chi connectivity index (χ3v) is 7.40. The molecule has 3 aromatic rings. The summed E-state index contributed by atoms with van der Waals surface area (Å²) < 4.78 is 38.8. The van der Waals surface area contributed by atoms with Crippen LogP contribution < -0.4 is 4.74 Å². The zero-order chi connectivity index (χ0) is 22.8. The molecule has 162 valence electrons. The Balaban J connectivity index is 1.78. The van der Waals surface area contributed by atoms with E-state index >= 15 is 0 Å². The van der Waals surface area contributed by atoms with E-state index < -0.39 is 15.4 Å². The molecule has 0 aromatic heterocycles. The molecule has 0 aliphatic carbocycles. The van der Waals surface area contributed by atoms with Gasteiger partial charge in [-0.15, -0.1) is 0 Å². The molecule has 5 nitrogen and oxygen atoms in total. The number of hydrogen-bond acceptors (Lipinski definition) is 5. The SMILES string of the molecule is COc1ccc(S(=O)(=O)C2=C(c3ccc(C#N)cc3)OC(C)(Cc3ccccc3)C2)cc1. The quantitative estimate of drug-likeness (QED) is 0.526. The molecule has 0 bridgehead atoms. The van der Waals surface area contributed by atoms with Gasteiger partial charge in [-0.2, -0.15) is 5.26 Å². The van der Waals surface area contributed by atoms with E-state index in [1.54, 1.807) is 48.5 Å². The number of methoxy groups -OCH3 is 1. The van der Waals surface area contributed by atoms with E-state index in [1.165, 1.54) is 7.11 Å². The fourth-order valence-electron chi connectivity index (χ4n) is 3.92. The van der Waals surface area contributed by atoms with Crippen molar-refractivity contribution in [3.8, 4) is 11.8 Å². The molecule has 0 N–H and O–H groups in total. The smallest absolute Gasteiger partial charge is 0.206 e. The number of nitrogens with zero attached hydrogens (tertiary/aromatic N) is 1. The molecule has 1 heterocycles. The first-order chi connectivity index (χ1) is 15.3. The molecule has 0 fully saturated rings. The monoisotopic (exact) mass is 445 g/mol. The highest BCUT2D eigenvalue weighted by molar-refractivity contribution is 7.95. The van der Waals surface area contributed by atoms with Gasteiger partial charge in [0.05, 0.1) is 28.5 Å². The van der Waals surface area contributed by atoms with Crippen LogP contribution in [0, 0.1) is 11.3 Å². The van der Waals surface area contributed by atoms with Gasteiger partial charge in [-0.1, -0.05) is 30.3 Å². The van der Waals surface area contributed by atoms with Gasteiger partial charge in [0.15, 0.2) is 0 Å². The summed E-state index contributed by atoms with van der Waals surface area (Å²) in [6, 6.07) is 25.1. The van der Waals surface area contributed by atoms with Crippen molar-refractivity contribution >= 4 is 15.6 Å². The summed E-state index contributed by atoms with van der Waals surface area (Å²) in [5.41, 5.74) is 1.48. The molecular weight excluding hydrogens is 422 g/mol. The highest BCUT2D eigenvalue weighted by Gasteiger charge is 2.43. The second kappa shape index (κ2) is 8.52. The summed E-state index contributed by atoms with van der Waals surface area (Å²) in [5.74, 6) is 0.922. The number of benzene rings is 3. The van der Waals surface area contributed by atoms with Gasteiger partial charge in [-0.25, -0.2) is 8.42 Å². The topological polar surface area (TPSA) is 76.4 Å². The van der Waals surface area contributed by atoms with Crippen LogP contribution in [0.1, 0.15) is 30.0 Å². The Bertz CT molecular complexity index is 1290. The molecule has 6 heteroatoms. The van der Waals surface area contributed by atoms with E-state index in [0.717, 1.165) is 5.56 Å². The standard InChI is InChI=1S/C26H23NO4S/c1-26(16-19-6-4-3-5-7-19)17-24(25(31-26)21-10-8-20(18-27)9-11-21)32(28,29)23-14-12-22(30-2)13-15-23/h3-15H,16-17H2,1-2H3. The minimum atomic E-state index is -3.81. The zero-order valence-electron chi connectivity index (χ0n) is 17.9. The first-order valence-corrected chi connectivity index (χ1v) is 11.7. The summed E-state index contributed by atoms with van der Waals surface area (Å²) in [6.45, 7) is 1.93. The lowest BCUT2D eigenvalue weighted by Crippen LogP contribution is -2.27. The van der Waals surface area contributed by atoms with E-state index in [9.17, 15) is 8.42 Å². The second-order valence-corrected chi connectivity index (χ2v) is 9.98. The molecule has 32 heavy (non-hydrogen) atoms. The van der Waals surface area contributed by atoms with Crippen LogP contribution in [0.2, 0.25) is 0 Å². The maximum absolute atomic E-state index is 13.7. The van der Waals surface area contributed by atoms with Crippen molar-refractivity contribution in [1.82, 2.24) is 0 Å². The van der Waals surface area contributed by atoms with Crippen LogP contribution in [0.25, 0.3) is 5.76 Å². The van der Waals surface area contributed by atoms with Gasteiger partial charge in [0.25, 0.3) is 0 Å². The first kappa shape index (κ1) is 21.7. The maximum atomic E-state index is 13.7. The molecule has 0 radical (unpaired) electrons. The predicted octanol–water partition coefficient (Wildman–Crippen LogP) is 5.13. The highest BCUT2D eigenvalue weighted by atomic mass is 32.2. The molecular formula is C26H23NO4S. The molecule has 1 aliphatic rings. The largest absolute Gasteiger partial charge is 0.497 e. The number of rotatable bonds is 6. The molecule has 1 unspecified atom stereocenters. The van der Waals surface area contributed by atoms with Crippen LogP contribution >= 0.6 is 0 Å². The van der Waals surface area contributed by atoms with Gasteiger partial charge in [-0.3, -0.25) is 0 Å². The van der Waals surface area contributed by atoms with Crippen molar-refractivity contribution in [3.05, 3.63) is 100 Å². The Hall–Kier alpha value is -3.56. The predicted molar refractivity (Wildman–Crippen MR) is 123 cm³/mol. The molecule has 0 saturated heterocycles. The molecule has 4 rings (SSSR count). The van der Waals surface area contributed by atoms with Crippen molar-refractivity contribution in [2.45, 2.75) is 30.3 Å². The number of sulfone groups is 1. The molecule has 0 amide bonds. The fourth-order valence-corrected chi connectivity index (χ4v) is 5.59. The first-order valence-electron chi connectivity index (χ1n) is 10.2. The third kappa shape index (κ3) is 4.25. The van der Waals surface area contributed by atoms with E-state index in [4.69, 9.17) is 14.7 Å². The van der Waals surface area contributed by atoms with Gasteiger partial charge < -0.3 is 9.47 Å². The lowest BCUT2D eigenvalue weighted by Gasteiger charge is -2.25. The summed E-state index contributed by atoms with van der Waals surface area (Å²) >= 11 is 0. The minimum Gasteiger partial charge on any atom is -0.497 e. The van der Waals surface area contributed by atoms with Crippen molar-refractivity contribution in [2.24, 2.45) is 0 Å². The number of nitriles is 1. The molecule has 0 spiro atoms. The average Bonchev–Trinajstić information content (AvgIpc) is 3.18. The van der Waals surface area contributed by atoms with Gasteiger partial charge >= 0.3 is 0 Å². The Morgan fingerprint density at radius 2 is 1.66 bits per heavy atom. The van der Waals surface area contributed by atoms with Crippen LogP contribution in [-0.2, 0) is 21.0 Å². The molecule has 3 aromatic carbocycles. The molecule has 0 saturated carbocycles. The van der Waals surface area contributed by atoms with Crippen LogP contribution in [0.5, 0.6) is 5.75 Å². The minimum absolute atomic E-state index is 0.187. The lowest BCUT2D eigenvalue weighted by molar-refractivity contribution is 0.0800. The van der Waals surface area contributed by atoms with E-state index in [2.05, 4.69) is 6.07 Å². The Kier molecular flexibility index (Phi) is 5.77. The maximum Gasteiger partial charge on any atom is 0.206 e. The third-order valence-electron chi connectivity index (χ3n) is 5.53. The Morgan fingerprint density at radius 3 is 2.25 bits per heavy atom. The number of hydrogen-bond donors (Lipinski definition) is 0. The molecule has 1 aliphatic heterocycles. The fraction of sp³-hybridized carbons (Fsp3) is 0.192. The van der Waals surface area contributed by atoms with Crippen LogP contribution in [-0.4, -0.2) is 21.1 Å². The zero-order valence-corrected chi connectivity index (χ0v) is 18.7. The van der Waals surface area contributed by atoms with Gasteiger partial charge in [0.2, 0.25) is 9.84 Å². The van der Waals surface area contributed by atoms with Crippen molar-refractivity contribution < 1.29 is 17.9 Å². The Labute approximate surface area is 188 Å². The van der Waals surface area contributed by atoms with E-state index in [0.29, 0.717) is 29.1 Å². The summed E-state index contributed by atoms with van der Waals surface area (Å²) in [6.07, 6.45) is 0.806. The van der Waals surface area contributed by atoms with Gasteiger partial charge in [0.1, 0.15) is 17.1 Å². The van der Waals surface area contributed by atoms with Gasteiger partial charge in [0, 0.05) is 18.4 Å². The van der Waals surface area contributed by atoms with Crippen LogP contribution in [0.4, 0.5) is 0 Å². The van der Waals surface area contributed by atoms with E-state index in [-0.39, 0.29) is 16.2 Å². The highest BCUT2D eigenvalue weighted by Crippen LogP contribution is 2.45. The summed E-state index contributed by atoms with van der Waals surface area (Å²) in [4.78, 5) is 0.429. The second-order valence-electron chi connectivity index (χ2n) is 8.01. The van der Waals surface area contributed by atoms with Crippen molar-refractivity contribution in [1.29, 1.82) is 5.26 Å². The van der Waals surface area contributed by atoms with Crippen molar-refractivity contribution in [3.63, 3.8) is 0 Å². The lowest BCUT2D eigenvalue weighted by atomic mass is 9.94. The Morgan fingerprint density at radius 1 is 1.00 bits per heavy atom. The van der Waals surface area contributed by atoms with Crippen LogP contribution in [0.15, 0.2) is 88.7 Å². The van der Waals surface area contributed by atoms with Gasteiger partial charge in [-0.05, 0) is 61.0 Å². The average molecular weight is 446 g/mol. The summed E-state index contributed by atoms with van der Waals surface area (Å²) in [5, 5.41) is 9.11. The van der Waals surface area contributed by atoms with E-state index in [1.807, 2.05) is 37.3 Å². The van der Waals surface area contributed by atoms with Crippen LogP contribution in [0.3, 0.4) is 0 Å². The normalized spacial score (nSPS) is 18.2. The van der Waals surface area contributed by atoms with Crippen molar-refractivity contribution in [2.75, 3.05) is 7.11 Å². The summed E-state index contributed by atoms with van der Waals surface area (Å²) in [7, 11) is -2.27. The molecule has 1 atom stereocenters. The number of ether oxygens (including phenoxy) is 2.